The van der Waals surface area contributed by atoms with Gasteiger partial charge < -0.3 is 18.9 Å². The maximum absolute atomic E-state index is 14.5. The third-order valence-electron chi connectivity index (χ3n) is 8.25. The van der Waals surface area contributed by atoms with Crippen LogP contribution < -0.4 is 4.74 Å². The van der Waals surface area contributed by atoms with E-state index < -0.39 is 12.9 Å². The molecule has 0 spiro atoms. The van der Waals surface area contributed by atoms with Crippen molar-refractivity contribution in [3.05, 3.63) is 29.6 Å². The Morgan fingerprint density at radius 2 is 2.10 bits per heavy atom. The minimum absolute atomic E-state index is 0.00749. The lowest BCUT2D eigenvalue weighted by atomic mass is 9.43. The minimum atomic E-state index is -0.559. The van der Waals surface area contributed by atoms with Gasteiger partial charge in [0.1, 0.15) is 17.1 Å². The number of hydrogen-bond acceptors (Lipinski definition) is 4. The van der Waals surface area contributed by atoms with Gasteiger partial charge in [-0.1, -0.05) is 19.9 Å². The fourth-order valence-corrected chi connectivity index (χ4v) is 6.42. The Labute approximate surface area is 172 Å². The van der Waals surface area contributed by atoms with E-state index in [4.69, 9.17) is 14.0 Å². The predicted molar refractivity (Wildman–Crippen MR) is 107 cm³/mol. The molecule has 1 amide bonds. The van der Waals surface area contributed by atoms with Crippen LogP contribution in [0, 0.1) is 23.1 Å². The summed E-state index contributed by atoms with van der Waals surface area (Å²) < 4.78 is 32.7. The van der Waals surface area contributed by atoms with Gasteiger partial charge >= 0.3 is 7.12 Å². The van der Waals surface area contributed by atoms with Gasteiger partial charge in [0, 0.05) is 6.54 Å². The largest absolute Gasteiger partial charge is 0.496 e. The Hall–Kier alpha value is -1.60. The van der Waals surface area contributed by atoms with Crippen molar-refractivity contribution in [2.45, 2.75) is 64.1 Å². The molecule has 5 aliphatic rings. The van der Waals surface area contributed by atoms with Gasteiger partial charge in [-0.3, -0.25) is 4.79 Å². The Bertz CT molecular complexity index is 848. The maximum atomic E-state index is 14.5. The van der Waals surface area contributed by atoms with Gasteiger partial charge in [-0.2, -0.15) is 0 Å². The maximum Gasteiger partial charge on any atom is 0.481 e. The predicted octanol–water partition coefficient (Wildman–Crippen LogP) is 3.71. The quantitative estimate of drug-likeness (QED) is 0.725. The van der Waals surface area contributed by atoms with Crippen LogP contribution in [0.2, 0.25) is 0 Å². The number of likely N-dealkylation sites (tertiary alicyclic amines) is 1. The minimum Gasteiger partial charge on any atom is -0.496 e. The third-order valence-corrected chi connectivity index (χ3v) is 8.25. The highest BCUT2D eigenvalue weighted by Crippen LogP contribution is 2.65. The molecular formula is C22H29BFNO4. The molecule has 3 saturated carbocycles. The molecule has 5 nitrogen and oxygen atoms in total. The molecule has 5 fully saturated rings. The van der Waals surface area contributed by atoms with E-state index in [1.807, 2.05) is 0 Å². The number of ether oxygens (including phenoxy) is 1. The number of carbonyl (C=O) groups is 1. The summed E-state index contributed by atoms with van der Waals surface area (Å²) in [4.78, 5) is 15.0. The van der Waals surface area contributed by atoms with Crippen LogP contribution in [0.4, 0.5) is 4.39 Å². The number of methoxy groups -OCH3 is 1. The van der Waals surface area contributed by atoms with Gasteiger partial charge in [0.2, 0.25) is 0 Å². The fourth-order valence-electron chi connectivity index (χ4n) is 6.42. The van der Waals surface area contributed by atoms with Gasteiger partial charge in [-0.15, -0.1) is 0 Å². The standard InChI is InChI=1S/C22H29BFNO4/c1-21(2)13-11-16(21)22(3)17(12-13)28-23(29-22)18-9-6-10-25(18)20(26)19-14(24)7-5-8-15(19)27-4/h5,7-8,13,16-18H,6,9-12H2,1-4H3. The second-order valence-electron chi connectivity index (χ2n) is 9.86. The van der Waals surface area contributed by atoms with Crippen LogP contribution >= 0.6 is 0 Å². The van der Waals surface area contributed by atoms with Gasteiger partial charge in [0.05, 0.1) is 24.8 Å². The first kappa shape index (κ1) is 19.4. The molecule has 0 N–H and O–H groups in total. The lowest BCUT2D eigenvalue weighted by Crippen LogP contribution is -2.65. The van der Waals surface area contributed by atoms with Crippen LogP contribution in [0.5, 0.6) is 5.75 Å². The molecule has 3 aliphatic carbocycles. The Balaban J connectivity index is 1.40. The van der Waals surface area contributed by atoms with E-state index in [9.17, 15) is 9.18 Å². The summed E-state index contributed by atoms with van der Waals surface area (Å²) in [6.45, 7) is 7.42. The molecule has 6 rings (SSSR count). The van der Waals surface area contributed by atoms with Crippen LogP contribution in [0.25, 0.3) is 0 Å². The molecule has 156 valence electrons. The Kier molecular flexibility index (Phi) is 4.31. The van der Waals surface area contributed by atoms with Crippen molar-refractivity contribution in [2.24, 2.45) is 17.3 Å². The summed E-state index contributed by atoms with van der Waals surface area (Å²) >= 11 is 0. The highest BCUT2D eigenvalue weighted by Gasteiger charge is 2.69. The molecule has 0 radical (unpaired) electrons. The fraction of sp³-hybridized carbons (Fsp3) is 0.682. The van der Waals surface area contributed by atoms with Crippen molar-refractivity contribution in [2.75, 3.05) is 13.7 Å². The Morgan fingerprint density at radius 3 is 2.83 bits per heavy atom. The van der Waals surface area contributed by atoms with Crippen LogP contribution in [0.1, 0.15) is 56.8 Å². The number of halogens is 1. The lowest BCUT2D eigenvalue weighted by molar-refractivity contribution is -0.199. The van der Waals surface area contributed by atoms with Gasteiger partial charge in [0.15, 0.2) is 0 Å². The second kappa shape index (κ2) is 6.45. The van der Waals surface area contributed by atoms with Crippen molar-refractivity contribution in [1.82, 2.24) is 4.90 Å². The second-order valence-corrected chi connectivity index (χ2v) is 9.86. The van der Waals surface area contributed by atoms with Gasteiger partial charge in [-0.25, -0.2) is 4.39 Å². The first-order valence-electron chi connectivity index (χ1n) is 10.7. The Morgan fingerprint density at radius 1 is 1.31 bits per heavy atom. The number of nitrogens with zero attached hydrogens (tertiary/aromatic N) is 1. The summed E-state index contributed by atoms with van der Waals surface area (Å²) in [5.41, 5.74) is -0.0441. The van der Waals surface area contributed by atoms with E-state index in [1.165, 1.54) is 19.6 Å². The van der Waals surface area contributed by atoms with E-state index in [1.54, 1.807) is 17.0 Å². The van der Waals surface area contributed by atoms with Crippen molar-refractivity contribution in [3.63, 3.8) is 0 Å². The number of carbonyl (C=O) groups excluding carboxylic acids is 1. The van der Waals surface area contributed by atoms with Gasteiger partial charge in [0.25, 0.3) is 5.91 Å². The summed E-state index contributed by atoms with van der Waals surface area (Å²) in [6.07, 6.45) is 3.93. The highest BCUT2D eigenvalue weighted by molar-refractivity contribution is 6.48. The smallest absolute Gasteiger partial charge is 0.481 e. The zero-order valence-corrected chi connectivity index (χ0v) is 17.6. The average molecular weight is 401 g/mol. The number of rotatable bonds is 3. The first-order valence-corrected chi connectivity index (χ1v) is 10.7. The highest BCUT2D eigenvalue weighted by atomic mass is 19.1. The first-order chi connectivity index (χ1) is 13.8. The molecule has 1 aromatic rings. The van der Waals surface area contributed by atoms with E-state index in [0.717, 1.165) is 19.3 Å². The van der Waals surface area contributed by atoms with Crippen LogP contribution in [-0.2, 0) is 9.31 Å². The summed E-state index contributed by atoms with van der Waals surface area (Å²) in [7, 11) is 1.000. The SMILES string of the molecule is COc1cccc(F)c1C(=O)N1CCCC1B1OC2CC3CC(C3(C)C)C2(C)O1. The number of benzene rings is 1. The van der Waals surface area contributed by atoms with E-state index >= 15 is 0 Å². The molecule has 29 heavy (non-hydrogen) atoms. The van der Waals surface area contributed by atoms with Crippen LogP contribution in [-0.4, -0.2) is 49.2 Å². The number of hydrogen-bond donors (Lipinski definition) is 0. The van der Waals surface area contributed by atoms with Crippen LogP contribution in [0.3, 0.4) is 0 Å². The van der Waals surface area contributed by atoms with Gasteiger partial charge in [-0.05, 0) is 62.0 Å². The van der Waals surface area contributed by atoms with Crippen molar-refractivity contribution in [3.8, 4) is 5.75 Å². The molecule has 2 bridgehead atoms. The van der Waals surface area contributed by atoms with Crippen LogP contribution in [0.15, 0.2) is 18.2 Å². The molecule has 5 atom stereocenters. The molecule has 2 aliphatic heterocycles. The molecule has 2 heterocycles. The normalized spacial score (nSPS) is 37.3. The summed E-state index contributed by atoms with van der Waals surface area (Å²) in [5, 5.41) is 0. The molecule has 1 aromatic carbocycles. The third kappa shape index (κ3) is 2.62. The van der Waals surface area contributed by atoms with Crippen molar-refractivity contribution < 1.29 is 23.2 Å². The summed E-state index contributed by atoms with van der Waals surface area (Å²) in [6, 6.07) is 4.47. The number of amides is 1. The van der Waals surface area contributed by atoms with E-state index in [2.05, 4.69) is 20.8 Å². The lowest BCUT2D eigenvalue weighted by Gasteiger charge is -2.64. The zero-order chi connectivity index (χ0) is 20.6. The topological polar surface area (TPSA) is 48.0 Å². The van der Waals surface area contributed by atoms with Crippen molar-refractivity contribution in [1.29, 1.82) is 0 Å². The molecule has 5 unspecified atom stereocenters. The summed E-state index contributed by atoms with van der Waals surface area (Å²) in [5.74, 6) is 0.306. The molecule has 0 aromatic heterocycles. The zero-order valence-electron chi connectivity index (χ0n) is 17.6. The van der Waals surface area contributed by atoms with E-state index in [0.29, 0.717) is 18.4 Å². The van der Waals surface area contributed by atoms with E-state index in [-0.39, 0.29) is 40.3 Å². The molecule has 2 saturated heterocycles. The molecule has 7 heteroatoms. The average Bonchev–Trinajstić information content (AvgIpc) is 3.30. The van der Waals surface area contributed by atoms with Crippen molar-refractivity contribution >= 4 is 13.0 Å². The molecular weight excluding hydrogens is 372 g/mol. The monoisotopic (exact) mass is 401 g/mol.